The van der Waals surface area contributed by atoms with Gasteiger partial charge in [0.25, 0.3) is 0 Å². The number of nitrogens with one attached hydrogen (secondary N) is 1. The topological polar surface area (TPSA) is 89.6 Å². The highest BCUT2D eigenvalue weighted by Gasteiger charge is 2.23. The van der Waals surface area contributed by atoms with E-state index in [1.807, 2.05) is 54.6 Å². The van der Waals surface area contributed by atoms with Gasteiger partial charge in [-0.1, -0.05) is 71.9 Å². The predicted octanol–water partition coefficient (Wildman–Crippen LogP) is 7.48. The fraction of sp³-hybridized carbons (Fsp3) is 0.172. The van der Waals surface area contributed by atoms with Crippen LogP contribution in [0.15, 0.2) is 65.7 Å². The van der Waals surface area contributed by atoms with E-state index < -0.39 is 0 Å². The molecule has 0 unspecified atom stereocenters. The molecule has 2 heterocycles. The van der Waals surface area contributed by atoms with Crippen molar-refractivity contribution in [2.45, 2.75) is 30.7 Å². The Morgan fingerprint density at radius 1 is 1.00 bits per heavy atom. The predicted molar refractivity (Wildman–Crippen MR) is 150 cm³/mol. The smallest absolute Gasteiger partial charge is 0.235 e. The average Bonchev–Trinajstić information content (AvgIpc) is 3.28. The van der Waals surface area contributed by atoms with Gasteiger partial charge in [0, 0.05) is 26.6 Å². The van der Waals surface area contributed by atoms with Gasteiger partial charge < -0.3 is 5.32 Å². The Bertz CT molecular complexity index is 1570. The van der Waals surface area contributed by atoms with Crippen LogP contribution in [-0.4, -0.2) is 16.6 Å². The second kappa shape index (κ2) is 11.2. The number of fused-ring (bicyclic) bond motifs is 1. The number of hydrogen-bond acceptors (Lipinski definition) is 6. The lowest BCUT2D eigenvalue weighted by atomic mass is 9.96. The van der Waals surface area contributed by atoms with Crippen LogP contribution in [0.3, 0.4) is 0 Å². The molecule has 1 amide bonds. The van der Waals surface area contributed by atoms with E-state index in [1.54, 1.807) is 6.07 Å². The summed E-state index contributed by atoms with van der Waals surface area (Å²) in [5.74, 6) is -0.190. The minimum atomic E-state index is -0.241. The van der Waals surface area contributed by atoms with E-state index >= 15 is 0 Å². The van der Waals surface area contributed by atoms with Crippen LogP contribution in [0.2, 0.25) is 5.02 Å². The van der Waals surface area contributed by atoms with Crippen molar-refractivity contribution in [3.63, 3.8) is 0 Å². The van der Waals surface area contributed by atoms with Gasteiger partial charge in [-0.25, -0.2) is 4.98 Å². The maximum Gasteiger partial charge on any atom is 0.235 e. The molecule has 37 heavy (non-hydrogen) atoms. The van der Waals surface area contributed by atoms with E-state index in [1.165, 1.54) is 28.0 Å². The Labute approximate surface area is 228 Å². The summed E-state index contributed by atoms with van der Waals surface area (Å²) in [5.41, 5.74) is 5.02. The molecule has 5 rings (SSSR count). The highest BCUT2D eigenvalue weighted by molar-refractivity contribution is 8.00. The first-order valence-corrected chi connectivity index (χ1v) is 14.0. The van der Waals surface area contributed by atoms with E-state index in [2.05, 4.69) is 17.5 Å². The monoisotopic (exact) mass is 540 g/mol. The summed E-state index contributed by atoms with van der Waals surface area (Å²) < 4.78 is 0. The molecule has 0 spiro atoms. The fourth-order valence-corrected chi connectivity index (χ4v) is 6.75. The summed E-state index contributed by atoms with van der Waals surface area (Å²) in [6.45, 7) is 0. The summed E-state index contributed by atoms with van der Waals surface area (Å²) >= 11 is 9.20. The zero-order valence-electron chi connectivity index (χ0n) is 19.8. The van der Waals surface area contributed by atoms with Crippen molar-refractivity contribution in [3.05, 3.63) is 87.3 Å². The molecule has 1 N–H and O–H groups in total. The van der Waals surface area contributed by atoms with E-state index in [-0.39, 0.29) is 11.7 Å². The number of pyridine rings is 1. The number of carbonyl (C=O) groups is 1. The van der Waals surface area contributed by atoms with E-state index in [4.69, 9.17) is 16.6 Å². The van der Waals surface area contributed by atoms with Crippen LogP contribution in [0, 0.1) is 22.7 Å². The molecule has 8 heteroatoms. The van der Waals surface area contributed by atoms with Gasteiger partial charge in [0.2, 0.25) is 5.91 Å². The van der Waals surface area contributed by atoms with Crippen LogP contribution in [0.4, 0.5) is 5.00 Å². The molecule has 0 aliphatic heterocycles. The van der Waals surface area contributed by atoms with Gasteiger partial charge in [0.1, 0.15) is 22.2 Å². The lowest BCUT2D eigenvalue weighted by molar-refractivity contribution is -0.113. The highest BCUT2D eigenvalue weighted by atomic mass is 35.5. The van der Waals surface area contributed by atoms with Gasteiger partial charge in [0.15, 0.2) is 0 Å². The minimum Gasteiger partial charge on any atom is -0.316 e. The molecule has 0 atom stereocenters. The number of aryl methyl sites for hydroxylation is 1. The van der Waals surface area contributed by atoms with Crippen LogP contribution in [0.25, 0.3) is 22.4 Å². The summed E-state index contributed by atoms with van der Waals surface area (Å²) in [4.78, 5) is 18.9. The molecule has 1 aliphatic carbocycles. The van der Waals surface area contributed by atoms with Gasteiger partial charge in [-0.2, -0.15) is 10.5 Å². The quantitative estimate of drug-likeness (QED) is 0.256. The van der Waals surface area contributed by atoms with Crippen LogP contribution in [0.1, 0.15) is 34.4 Å². The number of benzene rings is 2. The lowest BCUT2D eigenvalue weighted by Crippen LogP contribution is -2.14. The maximum absolute atomic E-state index is 13.0. The van der Waals surface area contributed by atoms with Gasteiger partial charge in [-0.3, -0.25) is 4.79 Å². The number of hydrogen-bond donors (Lipinski definition) is 1. The molecule has 0 fully saturated rings. The van der Waals surface area contributed by atoms with Crippen molar-refractivity contribution >= 4 is 45.6 Å². The van der Waals surface area contributed by atoms with E-state index in [0.29, 0.717) is 37.4 Å². The number of amides is 1. The first kappa shape index (κ1) is 25.0. The number of thioether (sulfide) groups is 1. The molecule has 182 valence electrons. The molecule has 2 aromatic carbocycles. The fourth-order valence-electron chi connectivity index (χ4n) is 4.45. The van der Waals surface area contributed by atoms with Crippen molar-refractivity contribution in [2.75, 3.05) is 11.1 Å². The molecule has 0 bridgehead atoms. The van der Waals surface area contributed by atoms with Crippen molar-refractivity contribution in [1.82, 2.24) is 4.98 Å². The maximum atomic E-state index is 13.0. The third kappa shape index (κ3) is 5.26. The zero-order chi connectivity index (χ0) is 25.8. The zero-order valence-corrected chi connectivity index (χ0v) is 22.1. The van der Waals surface area contributed by atoms with Gasteiger partial charge in [0.05, 0.1) is 22.6 Å². The van der Waals surface area contributed by atoms with Crippen molar-refractivity contribution in [1.29, 1.82) is 10.5 Å². The largest absolute Gasteiger partial charge is 0.316 e. The van der Waals surface area contributed by atoms with Crippen LogP contribution >= 0.6 is 34.7 Å². The summed E-state index contributed by atoms with van der Waals surface area (Å²) in [6, 6.07) is 23.5. The SMILES string of the molecule is N#Cc1c(-c2ccccc2Cl)cc(-c2ccccc2)nc1SCC(=O)Nc1sc2c(c1C#N)CCCC2. The molecule has 0 radical (unpaired) electrons. The third-order valence-corrected chi connectivity index (χ3v) is 8.72. The number of anilines is 1. The number of aromatic nitrogens is 1. The highest BCUT2D eigenvalue weighted by Crippen LogP contribution is 2.39. The third-order valence-electron chi connectivity index (χ3n) is 6.21. The van der Waals surface area contributed by atoms with E-state index in [0.717, 1.165) is 42.4 Å². The molecule has 5 nitrogen and oxygen atoms in total. The lowest BCUT2D eigenvalue weighted by Gasteiger charge is -2.13. The Balaban J connectivity index is 1.46. The Morgan fingerprint density at radius 2 is 1.73 bits per heavy atom. The second-order valence-corrected chi connectivity index (χ2v) is 11.0. The number of thiophene rings is 1. The molecular formula is C29H21ClN4OS2. The number of carbonyl (C=O) groups excluding carboxylic acids is 1. The summed E-state index contributed by atoms with van der Waals surface area (Å²) in [6.07, 6.45) is 4.00. The standard InChI is InChI=1S/C29H21ClN4OS2/c30-24-12-6-4-10-19(24)21-14-25(18-8-2-1-3-9-18)33-28(23(21)16-32)36-17-27(35)34-29-22(15-31)20-11-5-7-13-26(20)37-29/h1-4,6,8-10,12,14H,5,7,11,13,17H2,(H,34,35). The Hall–Kier alpha value is -3.62. The van der Waals surface area contributed by atoms with Crippen LogP contribution in [0.5, 0.6) is 0 Å². The second-order valence-electron chi connectivity index (χ2n) is 8.56. The average molecular weight is 541 g/mol. The van der Waals surface area contributed by atoms with E-state index in [9.17, 15) is 15.3 Å². The summed E-state index contributed by atoms with van der Waals surface area (Å²) in [5, 5.41) is 24.3. The normalized spacial score (nSPS) is 12.3. The van der Waals surface area contributed by atoms with Gasteiger partial charge >= 0.3 is 0 Å². The van der Waals surface area contributed by atoms with Crippen molar-refractivity contribution < 1.29 is 4.79 Å². The first-order chi connectivity index (χ1) is 18.1. The minimum absolute atomic E-state index is 0.0509. The number of nitriles is 2. The van der Waals surface area contributed by atoms with Gasteiger partial charge in [-0.15, -0.1) is 11.3 Å². The van der Waals surface area contributed by atoms with Crippen molar-refractivity contribution in [2.24, 2.45) is 0 Å². The molecular weight excluding hydrogens is 520 g/mol. The molecule has 0 saturated carbocycles. The van der Waals surface area contributed by atoms with Gasteiger partial charge in [-0.05, 0) is 43.4 Å². The van der Waals surface area contributed by atoms with Crippen LogP contribution in [-0.2, 0) is 17.6 Å². The number of halogens is 1. The number of rotatable bonds is 6. The van der Waals surface area contributed by atoms with Crippen molar-refractivity contribution in [3.8, 4) is 34.5 Å². The molecule has 1 aliphatic rings. The molecule has 2 aromatic heterocycles. The first-order valence-electron chi connectivity index (χ1n) is 11.8. The Kier molecular flexibility index (Phi) is 7.58. The Morgan fingerprint density at radius 3 is 2.49 bits per heavy atom. The molecule has 4 aromatic rings. The summed E-state index contributed by atoms with van der Waals surface area (Å²) in [7, 11) is 0. The number of nitrogens with zero attached hydrogens (tertiary/aromatic N) is 3. The molecule has 0 saturated heterocycles. The van der Waals surface area contributed by atoms with Crippen LogP contribution < -0.4 is 5.32 Å².